The third-order valence-corrected chi connectivity index (χ3v) is 6.17. The lowest BCUT2D eigenvalue weighted by molar-refractivity contribution is -0.120. The quantitative estimate of drug-likeness (QED) is 0.461. The molecule has 0 saturated carbocycles. The van der Waals surface area contributed by atoms with E-state index in [0.717, 1.165) is 35.1 Å². The minimum absolute atomic E-state index is 0.0111. The molecule has 1 amide bonds. The van der Waals surface area contributed by atoms with Crippen LogP contribution in [0.2, 0.25) is 0 Å². The molecule has 1 aromatic heterocycles. The smallest absolute Gasteiger partial charge is 0.226 e. The topological polar surface area (TPSA) is 54.5 Å². The van der Waals surface area contributed by atoms with Crippen molar-refractivity contribution in [2.45, 2.75) is 33.2 Å². The third-order valence-electron chi connectivity index (χ3n) is 5.24. The van der Waals surface area contributed by atoms with Crippen LogP contribution in [0, 0.1) is 0 Å². The molecule has 6 heteroatoms. The number of aromatic nitrogens is 1. The number of nitrogens with one attached hydrogen (secondary N) is 1. The summed E-state index contributed by atoms with van der Waals surface area (Å²) in [6.07, 6.45) is 0.271. The van der Waals surface area contributed by atoms with Crippen LogP contribution in [0.15, 0.2) is 60.0 Å². The van der Waals surface area contributed by atoms with Gasteiger partial charge in [0.15, 0.2) is 0 Å². The van der Waals surface area contributed by atoms with Crippen LogP contribution in [0.5, 0.6) is 5.75 Å². The Labute approximate surface area is 189 Å². The molecule has 0 spiro atoms. The molecule has 1 N–H and O–H groups in total. The van der Waals surface area contributed by atoms with Crippen LogP contribution in [0.3, 0.4) is 0 Å². The van der Waals surface area contributed by atoms with E-state index in [9.17, 15) is 4.79 Å². The van der Waals surface area contributed by atoms with Crippen LogP contribution in [0.4, 0.5) is 0 Å². The molecule has 0 aliphatic heterocycles. The van der Waals surface area contributed by atoms with E-state index in [4.69, 9.17) is 4.74 Å². The highest BCUT2D eigenvalue weighted by atomic mass is 32.1. The Hall–Kier alpha value is -2.70. The second-order valence-electron chi connectivity index (χ2n) is 7.20. The first-order valence-electron chi connectivity index (χ1n) is 10.9. The summed E-state index contributed by atoms with van der Waals surface area (Å²) in [7, 11) is 0. The fourth-order valence-electron chi connectivity index (χ4n) is 3.67. The van der Waals surface area contributed by atoms with Crippen molar-refractivity contribution in [1.29, 1.82) is 0 Å². The second-order valence-corrected chi connectivity index (χ2v) is 8.06. The molecule has 1 unspecified atom stereocenters. The van der Waals surface area contributed by atoms with E-state index in [1.165, 1.54) is 16.9 Å². The number of thiazole rings is 1. The molecule has 0 saturated heterocycles. The lowest BCUT2D eigenvalue weighted by atomic mass is 10.0. The monoisotopic (exact) mass is 437 g/mol. The molecule has 164 valence electrons. The first-order valence-corrected chi connectivity index (χ1v) is 11.8. The van der Waals surface area contributed by atoms with E-state index >= 15 is 0 Å². The van der Waals surface area contributed by atoms with Gasteiger partial charge in [0.1, 0.15) is 10.8 Å². The lowest BCUT2D eigenvalue weighted by Crippen LogP contribution is -2.38. The number of ether oxygens (including phenoxy) is 1. The van der Waals surface area contributed by atoms with Crippen molar-refractivity contribution in [3.63, 3.8) is 0 Å². The van der Waals surface area contributed by atoms with Gasteiger partial charge < -0.3 is 10.1 Å². The Balaban J connectivity index is 1.64. The largest absolute Gasteiger partial charge is 0.493 e. The maximum Gasteiger partial charge on any atom is 0.226 e. The summed E-state index contributed by atoms with van der Waals surface area (Å²) in [6, 6.07) is 18.4. The van der Waals surface area contributed by atoms with Gasteiger partial charge in [-0.1, -0.05) is 56.3 Å². The number of nitrogens with zero attached hydrogens (tertiary/aromatic N) is 2. The molecule has 0 aliphatic carbocycles. The predicted octanol–water partition coefficient (Wildman–Crippen LogP) is 4.95. The van der Waals surface area contributed by atoms with E-state index in [0.29, 0.717) is 13.2 Å². The number of carbonyl (C=O) groups excluding carboxylic acids is 1. The Morgan fingerprint density at radius 3 is 2.48 bits per heavy atom. The Morgan fingerprint density at radius 1 is 1.06 bits per heavy atom. The van der Waals surface area contributed by atoms with Gasteiger partial charge in [0.2, 0.25) is 5.91 Å². The molecule has 0 bridgehead atoms. The van der Waals surface area contributed by atoms with Crippen molar-refractivity contribution in [3.8, 4) is 16.3 Å². The summed E-state index contributed by atoms with van der Waals surface area (Å²) >= 11 is 1.54. The van der Waals surface area contributed by atoms with Crippen LogP contribution in [0.25, 0.3) is 10.6 Å². The zero-order valence-corrected chi connectivity index (χ0v) is 19.3. The molecule has 3 aromatic rings. The number of benzene rings is 2. The second kappa shape index (κ2) is 11.6. The summed E-state index contributed by atoms with van der Waals surface area (Å²) in [5.74, 6) is 0.809. The summed E-state index contributed by atoms with van der Waals surface area (Å²) in [4.78, 5) is 19.7. The highest BCUT2D eigenvalue weighted by Crippen LogP contribution is 2.32. The summed E-state index contributed by atoms with van der Waals surface area (Å²) < 4.78 is 5.72. The van der Waals surface area contributed by atoms with Crippen molar-refractivity contribution in [1.82, 2.24) is 15.2 Å². The fourth-order valence-corrected chi connectivity index (χ4v) is 4.52. The maximum absolute atomic E-state index is 12.7. The number of hydrogen-bond donors (Lipinski definition) is 1. The van der Waals surface area contributed by atoms with Crippen LogP contribution in [-0.4, -0.2) is 42.0 Å². The minimum Gasteiger partial charge on any atom is -0.493 e. The van der Waals surface area contributed by atoms with Crippen LogP contribution >= 0.6 is 11.3 Å². The van der Waals surface area contributed by atoms with E-state index < -0.39 is 0 Å². The molecule has 0 aliphatic rings. The number of para-hydroxylation sites is 1. The molecule has 1 atom stereocenters. The normalized spacial score (nSPS) is 12.0. The Bertz CT molecular complexity index is 954. The van der Waals surface area contributed by atoms with E-state index in [1.54, 1.807) is 0 Å². The van der Waals surface area contributed by atoms with Crippen molar-refractivity contribution in [3.05, 3.63) is 71.2 Å². The molecule has 0 fully saturated rings. The van der Waals surface area contributed by atoms with Gasteiger partial charge in [0, 0.05) is 11.9 Å². The standard InChI is InChI=1S/C25H31N3O2S/c1-4-28(5-2)22(19-12-8-7-9-13-19)17-26-24(29)16-20-18-31-25(27-20)21-14-10-11-15-23(21)30-6-3/h7-15,18,22H,4-6,16-17H2,1-3H3,(H,26,29). The number of carbonyl (C=O) groups is 1. The average molecular weight is 438 g/mol. The van der Waals surface area contributed by atoms with Crippen molar-refractivity contribution < 1.29 is 9.53 Å². The van der Waals surface area contributed by atoms with Crippen molar-refractivity contribution in [2.24, 2.45) is 0 Å². The van der Waals surface area contributed by atoms with Gasteiger partial charge in [-0.3, -0.25) is 9.69 Å². The Kier molecular flexibility index (Phi) is 8.62. The zero-order valence-electron chi connectivity index (χ0n) is 18.5. The van der Waals surface area contributed by atoms with Gasteiger partial charge in [-0.25, -0.2) is 4.98 Å². The van der Waals surface area contributed by atoms with Gasteiger partial charge in [-0.05, 0) is 37.7 Å². The molecular formula is C25H31N3O2S. The first kappa shape index (κ1) is 23.0. The zero-order chi connectivity index (χ0) is 22.1. The molecule has 3 rings (SSSR count). The molecule has 2 aromatic carbocycles. The van der Waals surface area contributed by atoms with Crippen LogP contribution in [0.1, 0.15) is 38.1 Å². The highest BCUT2D eigenvalue weighted by Gasteiger charge is 2.19. The first-order chi connectivity index (χ1) is 15.2. The molecule has 1 heterocycles. The minimum atomic E-state index is -0.0111. The molecule has 0 radical (unpaired) electrons. The van der Waals surface area contributed by atoms with E-state index in [-0.39, 0.29) is 18.4 Å². The van der Waals surface area contributed by atoms with Gasteiger partial charge in [0.05, 0.1) is 30.3 Å². The van der Waals surface area contributed by atoms with Gasteiger partial charge in [-0.15, -0.1) is 11.3 Å². The van der Waals surface area contributed by atoms with Gasteiger partial charge in [0.25, 0.3) is 0 Å². The third kappa shape index (κ3) is 6.15. The number of amides is 1. The maximum atomic E-state index is 12.7. The fraction of sp³-hybridized carbons (Fsp3) is 0.360. The summed E-state index contributed by atoms with van der Waals surface area (Å²) in [5.41, 5.74) is 2.96. The number of rotatable bonds is 11. The molecular weight excluding hydrogens is 406 g/mol. The van der Waals surface area contributed by atoms with Gasteiger partial charge in [-0.2, -0.15) is 0 Å². The molecule has 31 heavy (non-hydrogen) atoms. The lowest BCUT2D eigenvalue weighted by Gasteiger charge is -2.30. The summed E-state index contributed by atoms with van der Waals surface area (Å²) in [5, 5.41) is 5.95. The molecule has 5 nitrogen and oxygen atoms in total. The summed E-state index contributed by atoms with van der Waals surface area (Å²) in [6.45, 7) is 9.31. The van der Waals surface area contributed by atoms with Crippen LogP contribution in [-0.2, 0) is 11.2 Å². The SMILES string of the molecule is CCOc1ccccc1-c1nc(CC(=O)NCC(c2ccccc2)N(CC)CC)cs1. The number of hydrogen-bond acceptors (Lipinski definition) is 5. The van der Waals surface area contributed by atoms with Crippen molar-refractivity contribution >= 4 is 17.2 Å². The van der Waals surface area contributed by atoms with E-state index in [1.807, 2.05) is 54.8 Å². The van der Waals surface area contributed by atoms with Crippen molar-refractivity contribution in [2.75, 3.05) is 26.2 Å². The Morgan fingerprint density at radius 2 is 1.77 bits per heavy atom. The highest BCUT2D eigenvalue weighted by molar-refractivity contribution is 7.13. The van der Waals surface area contributed by atoms with E-state index in [2.05, 4.69) is 41.2 Å². The average Bonchev–Trinajstić information content (AvgIpc) is 3.26. The van der Waals surface area contributed by atoms with Gasteiger partial charge >= 0.3 is 0 Å². The van der Waals surface area contributed by atoms with Crippen LogP contribution < -0.4 is 10.1 Å². The predicted molar refractivity (Wildman–Crippen MR) is 128 cm³/mol. The number of likely N-dealkylation sites (N-methyl/N-ethyl adjacent to an activating group) is 1.